The zero-order valence-corrected chi connectivity index (χ0v) is 16.9. The van der Waals surface area contributed by atoms with E-state index in [-0.39, 0.29) is 34.1 Å². The zero-order chi connectivity index (χ0) is 19.5. The van der Waals surface area contributed by atoms with Gasteiger partial charge in [-0.15, -0.1) is 0 Å². The van der Waals surface area contributed by atoms with E-state index in [4.69, 9.17) is 4.74 Å². The predicted octanol–water partition coefficient (Wildman–Crippen LogP) is 4.20. The van der Waals surface area contributed by atoms with Gasteiger partial charge in [0.2, 0.25) is 0 Å². The number of carbonyl (C=O) groups excluding carboxylic acids is 2. The quantitative estimate of drug-likeness (QED) is 0.592. The lowest BCUT2D eigenvalue weighted by atomic mass is 9.43. The second-order valence-corrected chi connectivity index (χ2v) is 11.0. The van der Waals surface area contributed by atoms with Gasteiger partial charge in [-0.05, 0) is 73.7 Å². The van der Waals surface area contributed by atoms with Gasteiger partial charge >= 0.3 is 5.97 Å². The van der Waals surface area contributed by atoms with E-state index in [1.54, 1.807) is 0 Å². The minimum Gasteiger partial charge on any atom is -0.458 e. The molecule has 0 N–H and O–H groups in total. The highest BCUT2D eigenvalue weighted by atomic mass is 16.6. The van der Waals surface area contributed by atoms with E-state index < -0.39 is 0 Å². The van der Waals surface area contributed by atoms with Crippen molar-refractivity contribution in [3.05, 3.63) is 11.6 Å². The lowest BCUT2D eigenvalue weighted by Gasteiger charge is -2.61. The molecule has 0 aromatic rings. The Bertz CT molecular complexity index is 870. The van der Waals surface area contributed by atoms with Crippen molar-refractivity contribution in [2.75, 3.05) is 0 Å². The standard InChI is InChI=1S/C24H29NO3/c1-22-6-3-15(26)10-14(22)9-13(12-25)20-17(22)4-7-23(2)21(20)16-11-18(16)24(23)8-5-19(27)28-24/h10,13,16-18,20-21H,3-9,11H2,1-2H3/t13-,16+,17?,18-,20?,21?,22-,23-,24+/m0/s1. The fraction of sp³-hybridized carbons (Fsp3) is 0.792. The minimum atomic E-state index is -0.260. The van der Waals surface area contributed by atoms with Crippen LogP contribution in [0.15, 0.2) is 11.6 Å². The molecule has 28 heavy (non-hydrogen) atoms. The Kier molecular flexibility index (Phi) is 3.14. The number of nitrogens with zero attached hydrogens (tertiary/aromatic N) is 1. The Balaban J connectivity index is 1.45. The molecule has 1 heterocycles. The fourth-order valence-corrected chi connectivity index (χ4v) is 9.04. The minimum absolute atomic E-state index is 0.00615. The van der Waals surface area contributed by atoms with Crippen molar-refractivity contribution in [1.29, 1.82) is 5.26 Å². The van der Waals surface area contributed by atoms with Crippen LogP contribution in [0.5, 0.6) is 0 Å². The Hall–Kier alpha value is -1.63. The molecule has 4 heteroatoms. The van der Waals surface area contributed by atoms with Gasteiger partial charge < -0.3 is 4.74 Å². The van der Waals surface area contributed by atoms with E-state index in [0.717, 1.165) is 32.1 Å². The average Bonchev–Trinajstić information content (AvgIpc) is 3.30. The number of rotatable bonds is 0. The van der Waals surface area contributed by atoms with Crippen molar-refractivity contribution in [3.63, 3.8) is 0 Å². The van der Waals surface area contributed by atoms with Crippen LogP contribution < -0.4 is 0 Å². The third-order valence-corrected chi connectivity index (χ3v) is 10.3. The molecule has 9 atom stereocenters. The smallest absolute Gasteiger partial charge is 0.306 e. The summed E-state index contributed by atoms with van der Waals surface area (Å²) in [5.41, 5.74) is 1.07. The number of nitriles is 1. The largest absolute Gasteiger partial charge is 0.458 e. The molecule has 5 aliphatic carbocycles. The van der Waals surface area contributed by atoms with Crippen LogP contribution >= 0.6 is 0 Å². The third-order valence-electron chi connectivity index (χ3n) is 10.3. The Labute approximate surface area is 166 Å². The van der Waals surface area contributed by atoms with Gasteiger partial charge in [0.25, 0.3) is 0 Å². The number of allylic oxidation sites excluding steroid dienone is 1. The van der Waals surface area contributed by atoms with E-state index in [1.807, 2.05) is 6.08 Å². The van der Waals surface area contributed by atoms with Gasteiger partial charge in [-0.25, -0.2) is 0 Å². The molecule has 1 saturated heterocycles. The SMILES string of the molecule is C[C@]12CCC(=O)C=C1C[C@@H](C#N)C1C2CC[C@@]2(C)C1[C@@H]1C[C@@H]1[C@]21CCC(=O)O1. The van der Waals surface area contributed by atoms with E-state index in [9.17, 15) is 14.9 Å². The zero-order valence-electron chi connectivity index (χ0n) is 16.9. The number of ether oxygens (including phenoxy) is 1. The predicted molar refractivity (Wildman–Crippen MR) is 102 cm³/mol. The molecule has 3 unspecified atom stereocenters. The summed E-state index contributed by atoms with van der Waals surface area (Å²) in [6.07, 6.45) is 9.03. The first-order chi connectivity index (χ1) is 13.3. The normalized spacial score (nSPS) is 56.1. The van der Waals surface area contributed by atoms with Crippen LogP contribution in [-0.2, 0) is 14.3 Å². The maximum absolute atomic E-state index is 12.1. The van der Waals surface area contributed by atoms with Gasteiger partial charge in [-0.1, -0.05) is 19.4 Å². The molecule has 5 fully saturated rings. The summed E-state index contributed by atoms with van der Waals surface area (Å²) in [6, 6.07) is 2.67. The maximum Gasteiger partial charge on any atom is 0.306 e. The van der Waals surface area contributed by atoms with Crippen molar-refractivity contribution >= 4 is 11.8 Å². The highest BCUT2D eigenvalue weighted by Gasteiger charge is 2.79. The van der Waals surface area contributed by atoms with Gasteiger partial charge in [0.15, 0.2) is 5.78 Å². The molecule has 0 amide bonds. The van der Waals surface area contributed by atoms with Crippen LogP contribution in [0.3, 0.4) is 0 Å². The highest BCUT2D eigenvalue weighted by molar-refractivity contribution is 5.91. The van der Waals surface area contributed by atoms with Crippen LogP contribution in [0.4, 0.5) is 0 Å². The molecular weight excluding hydrogens is 350 g/mol. The van der Waals surface area contributed by atoms with Crippen molar-refractivity contribution in [3.8, 4) is 6.07 Å². The Morgan fingerprint density at radius 1 is 1.14 bits per heavy atom. The number of esters is 1. The summed E-state index contributed by atoms with van der Waals surface area (Å²) < 4.78 is 6.15. The molecule has 6 rings (SSSR count). The first kappa shape index (κ1) is 17.2. The van der Waals surface area contributed by atoms with Crippen molar-refractivity contribution in [2.24, 2.45) is 46.3 Å². The van der Waals surface area contributed by atoms with Gasteiger partial charge in [-0.2, -0.15) is 5.26 Å². The van der Waals surface area contributed by atoms with E-state index >= 15 is 0 Å². The second kappa shape index (κ2) is 5.10. The summed E-state index contributed by atoms with van der Waals surface area (Å²) in [4.78, 5) is 24.2. The first-order valence-electron chi connectivity index (χ1n) is 11.2. The summed E-state index contributed by atoms with van der Waals surface area (Å²) in [5, 5.41) is 10.1. The van der Waals surface area contributed by atoms with Crippen LogP contribution in [-0.4, -0.2) is 17.4 Å². The molecule has 0 aromatic heterocycles. The molecule has 0 aromatic carbocycles. The fourth-order valence-electron chi connectivity index (χ4n) is 9.04. The maximum atomic E-state index is 12.1. The van der Waals surface area contributed by atoms with Gasteiger partial charge in [-0.3, -0.25) is 9.59 Å². The molecule has 1 spiro atoms. The Morgan fingerprint density at radius 3 is 2.68 bits per heavy atom. The van der Waals surface area contributed by atoms with Gasteiger partial charge in [0.1, 0.15) is 5.60 Å². The molecule has 0 radical (unpaired) electrons. The molecule has 1 aliphatic heterocycles. The molecule has 4 saturated carbocycles. The second-order valence-electron chi connectivity index (χ2n) is 11.0. The van der Waals surface area contributed by atoms with E-state index in [0.29, 0.717) is 42.4 Å². The van der Waals surface area contributed by atoms with E-state index in [2.05, 4.69) is 19.9 Å². The number of hydrogen-bond acceptors (Lipinski definition) is 4. The number of hydrogen-bond donors (Lipinski definition) is 0. The molecule has 6 aliphatic rings. The van der Waals surface area contributed by atoms with Crippen molar-refractivity contribution < 1.29 is 14.3 Å². The van der Waals surface area contributed by atoms with Crippen LogP contribution in [0, 0.1) is 57.7 Å². The van der Waals surface area contributed by atoms with Gasteiger partial charge in [0, 0.05) is 24.2 Å². The highest BCUT2D eigenvalue weighted by Crippen LogP contribution is 2.79. The van der Waals surface area contributed by atoms with Crippen molar-refractivity contribution in [1.82, 2.24) is 0 Å². The lowest BCUT2D eigenvalue weighted by molar-refractivity contribution is -0.178. The van der Waals surface area contributed by atoms with Crippen LogP contribution in [0.1, 0.15) is 65.2 Å². The monoisotopic (exact) mass is 379 g/mol. The summed E-state index contributed by atoms with van der Waals surface area (Å²) >= 11 is 0. The van der Waals surface area contributed by atoms with Crippen molar-refractivity contribution in [2.45, 2.75) is 70.8 Å². The number of carbonyl (C=O) groups is 2. The molecule has 0 bridgehead atoms. The average molecular weight is 380 g/mol. The number of fused-ring (bicyclic) bond motifs is 9. The Morgan fingerprint density at radius 2 is 1.96 bits per heavy atom. The topological polar surface area (TPSA) is 67.2 Å². The first-order valence-corrected chi connectivity index (χ1v) is 11.2. The van der Waals surface area contributed by atoms with Crippen LogP contribution in [0.2, 0.25) is 0 Å². The van der Waals surface area contributed by atoms with E-state index in [1.165, 1.54) is 12.0 Å². The summed E-state index contributed by atoms with van der Waals surface area (Å²) in [7, 11) is 0. The van der Waals surface area contributed by atoms with Crippen LogP contribution in [0.25, 0.3) is 0 Å². The number of ketones is 1. The molecule has 148 valence electrons. The summed E-state index contributed by atoms with van der Waals surface area (Å²) in [5.74, 6) is 2.71. The third kappa shape index (κ3) is 1.78. The molecular formula is C24H29NO3. The van der Waals surface area contributed by atoms with Gasteiger partial charge in [0.05, 0.1) is 12.0 Å². The summed E-state index contributed by atoms with van der Waals surface area (Å²) in [6.45, 7) is 4.75. The molecule has 4 nitrogen and oxygen atoms in total. The lowest BCUT2D eigenvalue weighted by Crippen LogP contribution is -2.58.